The molecule has 0 radical (unpaired) electrons. The highest BCUT2D eigenvalue weighted by Gasteiger charge is 2.70. The molecule has 0 amide bonds. The van der Waals surface area contributed by atoms with Crippen LogP contribution in [0.25, 0.3) is 0 Å². The molecule has 5 nitrogen and oxygen atoms in total. The van der Waals surface area contributed by atoms with Gasteiger partial charge in [-0.15, -0.1) is 0 Å². The molecule has 0 bridgehead atoms. The van der Waals surface area contributed by atoms with Crippen molar-refractivity contribution < 1.29 is 19.1 Å². The van der Waals surface area contributed by atoms with E-state index >= 15 is 0 Å². The van der Waals surface area contributed by atoms with Crippen LogP contribution in [-0.2, 0) is 19.1 Å². The van der Waals surface area contributed by atoms with E-state index in [-0.39, 0.29) is 29.7 Å². The second kappa shape index (κ2) is 9.56. The number of rotatable bonds is 12. The average Bonchev–Trinajstić information content (AvgIpc) is 3.24. The van der Waals surface area contributed by atoms with Crippen molar-refractivity contribution in [3.05, 3.63) is 0 Å². The molecule has 0 saturated heterocycles. The van der Waals surface area contributed by atoms with Crippen LogP contribution in [0.5, 0.6) is 0 Å². The Labute approximate surface area is 152 Å². The zero-order valence-corrected chi connectivity index (χ0v) is 15.9. The van der Waals surface area contributed by atoms with Crippen LogP contribution in [0.1, 0.15) is 78.1 Å². The predicted octanol–water partition coefficient (Wildman–Crippen LogP) is 3.59. The van der Waals surface area contributed by atoms with Gasteiger partial charge in [0.25, 0.3) is 0 Å². The summed E-state index contributed by atoms with van der Waals surface area (Å²) in [4.78, 5) is 24.7. The van der Waals surface area contributed by atoms with Gasteiger partial charge < -0.3 is 15.2 Å². The van der Waals surface area contributed by atoms with Gasteiger partial charge in [-0.25, -0.2) is 0 Å². The lowest BCUT2D eigenvalue weighted by Crippen LogP contribution is -2.50. The van der Waals surface area contributed by atoms with E-state index in [1.165, 1.54) is 6.42 Å². The SMILES string of the molecule is CCCCCCOC(=O)C1C2CCC(N)(C(=O)OCCCCCC)C21. The fourth-order valence-electron chi connectivity index (χ4n) is 4.19. The highest BCUT2D eigenvalue weighted by atomic mass is 16.5. The van der Waals surface area contributed by atoms with Crippen molar-refractivity contribution in [3.63, 3.8) is 0 Å². The molecule has 144 valence electrons. The van der Waals surface area contributed by atoms with E-state index < -0.39 is 5.54 Å². The molecule has 0 aromatic heterocycles. The van der Waals surface area contributed by atoms with Crippen LogP contribution in [0.2, 0.25) is 0 Å². The number of esters is 2. The van der Waals surface area contributed by atoms with E-state index in [1.54, 1.807) is 0 Å². The van der Waals surface area contributed by atoms with Crippen LogP contribution in [0.4, 0.5) is 0 Å². The van der Waals surface area contributed by atoms with Crippen LogP contribution in [0, 0.1) is 17.8 Å². The van der Waals surface area contributed by atoms with E-state index in [0.717, 1.165) is 51.4 Å². The van der Waals surface area contributed by atoms with Crippen molar-refractivity contribution in [3.8, 4) is 0 Å². The van der Waals surface area contributed by atoms with Gasteiger partial charge >= 0.3 is 11.9 Å². The summed E-state index contributed by atoms with van der Waals surface area (Å²) in [7, 11) is 0. The monoisotopic (exact) mass is 353 g/mol. The van der Waals surface area contributed by atoms with Gasteiger partial charge in [-0.1, -0.05) is 52.4 Å². The van der Waals surface area contributed by atoms with Gasteiger partial charge in [0.05, 0.1) is 19.1 Å². The number of unbranched alkanes of at least 4 members (excludes halogenated alkanes) is 6. The van der Waals surface area contributed by atoms with Crippen molar-refractivity contribution in [1.29, 1.82) is 0 Å². The van der Waals surface area contributed by atoms with Gasteiger partial charge in [0.2, 0.25) is 0 Å². The molecule has 0 aromatic rings. The number of hydrogen-bond donors (Lipinski definition) is 1. The Kier molecular flexibility index (Phi) is 7.73. The normalized spacial score (nSPS) is 30.0. The maximum absolute atomic E-state index is 12.4. The van der Waals surface area contributed by atoms with Crippen molar-refractivity contribution in [1.82, 2.24) is 0 Å². The number of ether oxygens (including phenoxy) is 2. The molecule has 25 heavy (non-hydrogen) atoms. The molecule has 0 aliphatic heterocycles. The molecular weight excluding hydrogens is 318 g/mol. The molecule has 2 aliphatic carbocycles. The quantitative estimate of drug-likeness (QED) is 0.428. The Hall–Kier alpha value is -1.10. The minimum absolute atomic E-state index is 0.0845. The molecule has 0 spiro atoms. The Morgan fingerprint density at radius 3 is 2.16 bits per heavy atom. The molecule has 2 N–H and O–H groups in total. The first kappa shape index (κ1) is 20.2. The molecule has 0 heterocycles. The highest BCUT2D eigenvalue weighted by molar-refractivity contribution is 5.86. The third kappa shape index (κ3) is 4.96. The zero-order chi connectivity index (χ0) is 18.3. The van der Waals surface area contributed by atoms with Gasteiger partial charge in [0, 0.05) is 5.92 Å². The van der Waals surface area contributed by atoms with E-state index in [4.69, 9.17) is 15.2 Å². The number of carbonyl (C=O) groups is 2. The molecule has 0 aromatic carbocycles. The minimum atomic E-state index is -0.985. The summed E-state index contributed by atoms with van der Waals surface area (Å²) >= 11 is 0. The molecule has 2 rings (SSSR count). The summed E-state index contributed by atoms with van der Waals surface area (Å²) in [6.07, 6.45) is 10.0. The fourth-order valence-corrected chi connectivity index (χ4v) is 4.19. The Morgan fingerprint density at radius 2 is 1.56 bits per heavy atom. The van der Waals surface area contributed by atoms with Gasteiger partial charge in [0.1, 0.15) is 5.54 Å². The minimum Gasteiger partial charge on any atom is -0.465 e. The van der Waals surface area contributed by atoms with E-state index in [1.807, 2.05) is 0 Å². The van der Waals surface area contributed by atoms with Crippen LogP contribution >= 0.6 is 0 Å². The predicted molar refractivity (Wildman–Crippen MR) is 96.8 cm³/mol. The Balaban J connectivity index is 1.72. The van der Waals surface area contributed by atoms with Gasteiger partial charge in [-0.2, -0.15) is 0 Å². The Bertz CT molecular complexity index is 453. The first-order valence-corrected chi connectivity index (χ1v) is 10.2. The first-order chi connectivity index (χ1) is 12.1. The lowest BCUT2D eigenvalue weighted by molar-refractivity contribution is -0.152. The second-order valence-corrected chi connectivity index (χ2v) is 7.72. The van der Waals surface area contributed by atoms with Crippen LogP contribution < -0.4 is 5.73 Å². The maximum atomic E-state index is 12.4. The van der Waals surface area contributed by atoms with Crippen molar-refractivity contribution in [2.75, 3.05) is 13.2 Å². The van der Waals surface area contributed by atoms with Crippen molar-refractivity contribution >= 4 is 11.9 Å². The summed E-state index contributed by atoms with van der Waals surface area (Å²) in [5, 5.41) is 0. The van der Waals surface area contributed by atoms with E-state index in [9.17, 15) is 9.59 Å². The van der Waals surface area contributed by atoms with Gasteiger partial charge in [0.15, 0.2) is 0 Å². The van der Waals surface area contributed by atoms with E-state index in [2.05, 4.69) is 13.8 Å². The smallest absolute Gasteiger partial charge is 0.326 e. The summed E-state index contributed by atoms with van der Waals surface area (Å²) in [6.45, 7) is 5.22. The third-order valence-electron chi connectivity index (χ3n) is 5.78. The summed E-state index contributed by atoms with van der Waals surface area (Å²) in [5.74, 6) is -0.566. The van der Waals surface area contributed by atoms with E-state index in [0.29, 0.717) is 19.6 Å². The molecule has 2 fully saturated rings. The lowest BCUT2D eigenvalue weighted by Gasteiger charge is -2.25. The van der Waals surface area contributed by atoms with Gasteiger partial charge in [-0.3, -0.25) is 9.59 Å². The Morgan fingerprint density at radius 1 is 0.960 bits per heavy atom. The topological polar surface area (TPSA) is 78.6 Å². The molecule has 2 saturated carbocycles. The molecule has 4 atom stereocenters. The standard InChI is InChI=1S/C20H35NO4/c1-3-5-7-9-13-24-18(22)16-15-11-12-20(21,17(15)16)19(23)25-14-10-8-6-4-2/h15-17H,3-14,21H2,1-2H3. The van der Waals surface area contributed by atoms with Gasteiger partial charge in [-0.05, 0) is 31.6 Å². The number of hydrogen-bond acceptors (Lipinski definition) is 5. The summed E-state index contributed by atoms with van der Waals surface area (Å²) in [5.41, 5.74) is 5.38. The zero-order valence-electron chi connectivity index (χ0n) is 15.9. The largest absolute Gasteiger partial charge is 0.465 e. The fraction of sp³-hybridized carbons (Fsp3) is 0.900. The third-order valence-corrected chi connectivity index (χ3v) is 5.78. The lowest BCUT2D eigenvalue weighted by atomic mass is 9.91. The van der Waals surface area contributed by atoms with Crippen molar-refractivity contribution in [2.45, 2.75) is 83.6 Å². The number of nitrogens with two attached hydrogens (primary N) is 1. The van der Waals surface area contributed by atoms with Crippen LogP contribution in [0.3, 0.4) is 0 Å². The number of carbonyl (C=O) groups excluding carboxylic acids is 2. The summed E-state index contributed by atoms with van der Waals surface area (Å²) in [6, 6.07) is 0. The highest BCUT2D eigenvalue weighted by Crippen LogP contribution is 2.62. The van der Waals surface area contributed by atoms with Crippen molar-refractivity contribution in [2.24, 2.45) is 23.5 Å². The van der Waals surface area contributed by atoms with Crippen LogP contribution in [0.15, 0.2) is 0 Å². The number of fused-ring (bicyclic) bond motifs is 1. The molecule has 5 heteroatoms. The maximum Gasteiger partial charge on any atom is 0.326 e. The van der Waals surface area contributed by atoms with Crippen LogP contribution in [-0.4, -0.2) is 30.7 Å². The molecule has 4 unspecified atom stereocenters. The average molecular weight is 354 g/mol. The molecular formula is C20H35NO4. The summed E-state index contributed by atoms with van der Waals surface area (Å²) < 4.78 is 10.8. The first-order valence-electron chi connectivity index (χ1n) is 10.2. The molecule has 2 aliphatic rings. The second-order valence-electron chi connectivity index (χ2n) is 7.72.